The van der Waals surface area contributed by atoms with Crippen LogP contribution in [0.4, 0.5) is 33.3 Å². The van der Waals surface area contributed by atoms with E-state index < -0.39 is 42.3 Å². The topological polar surface area (TPSA) is 109 Å². The number of anilines is 2. The van der Waals surface area contributed by atoms with Crippen molar-refractivity contribution in [1.29, 1.82) is 0 Å². The van der Waals surface area contributed by atoms with E-state index in [0.717, 1.165) is 13.8 Å². The van der Waals surface area contributed by atoms with Crippen LogP contribution in [0.3, 0.4) is 0 Å². The number of carbonyl (C=O) groups is 3. The Bertz CT molecular complexity index is 1490. The quantitative estimate of drug-likeness (QED) is 0.214. The van der Waals surface area contributed by atoms with Crippen LogP contribution in [0.2, 0.25) is 10.0 Å². The monoisotopic (exact) mass is 632 g/mol. The molecule has 0 aliphatic carbocycles. The van der Waals surface area contributed by atoms with Gasteiger partial charge in [-0.15, -0.1) is 0 Å². The molecule has 0 bridgehead atoms. The number of hydrogen-bond acceptors (Lipinski definition) is 5. The molecule has 0 spiro atoms. The summed E-state index contributed by atoms with van der Waals surface area (Å²) in [5, 5.41) is 7.32. The van der Waals surface area contributed by atoms with Gasteiger partial charge < -0.3 is 20.7 Å². The first-order valence-corrected chi connectivity index (χ1v) is 12.8. The lowest BCUT2D eigenvalue weighted by Crippen LogP contribution is -2.46. The lowest BCUT2D eigenvalue weighted by Gasteiger charge is -2.26. The minimum atomic E-state index is -4.78. The number of aromatic nitrogens is 1. The molecule has 2 aromatic carbocycles. The fourth-order valence-corrected chi connectivity index (χ4v) is 3.69. The number of hydrogen-bond donors (Lipinski definition) is 3. The van der Waals surface area contributed by atoms with Gasteiger partial charge in [0.2, 0.25) is 5.91 Å². The summed E-state index contributed by atoms with van der Waals surface area (Å²) in [5.74, 6) is -3.02. The van der Waals surface area contributed by atoms with E-state index in [0.29, 0.717) is 0 Å². The number of pyridine rings is 1. The number of carbonyl (C=O) groups excluding carboxylic acids is 3. The van der Waals surface area contributed by atoms with E-state index >= 15 is 0 Å². The molecule has 0 unspecified atom stereocenters. The van der Waals surface area contributed by atoms with Crippen molar-refractivity contribution in [2.45, 2.75) is 33.0 Å². The molecule has 0 atom stereocenters. The highest BCUT2D eigenvalue weighted by Crippen LogP contribution is 2.37. The summed E-state index contributed by atoms with van der Waals surface area (Å²) in [7, 11) is 0. The van der Waals surface area contributed by atoms with E-state index in [-0.39, 0.29) is 50.4 Å². The van der Waals surface area contributed by atoms with Crippen LogP contribution in [0.5, 0.6) is 5.75 Å². The van der Waals surface area contributed by atoms with Crippen LogP contribution >= 0.6 is 23.2 Å². The largest absolute Gasteiger partial charge is 0.487 e. The summed E-state index contributed by atoms with van der Waals surface area (Å²) in [4.78, 5) is 42.0. The van der Waals surface area contributed by atoms with Crippen LogP contribution in [0.25, 0.3) is 0 Å². The van der Waals surface area contributed by atoms with E-state index in [1.165, 1.54) is 54.9 Å². The van der Waals surface area contributed by atoms with Gasteiger partial charge in [-0.1, -0.05) is 29.3 Å². The summed E-state index contributed by atoms with van der Waals surface area (Å²) in [6.07, 6.45) is -4.95. The lowest BCUT2D eigenvalue weighted by molar-refractivity contribution is -0.211. The van der Waals surface area contributed by atoms with Gasteiger partial charge in [-0.2, -0.15) is 13.2 Å². The van der Waals surface area contributed by atoms with Crippen molar-refractivity contribution in [3.05, 3.63) is 81.6 Å². The van der Waals surface area contributed by atoms with Crippen molar-refractivity contribution in [3.63, 3.8) is 0 Å². The van der Waals surface area contributed by atoms with Crippen LogP contribution in [-0.4, -0.2) is 41.9 Å². The van der Waals surface area contributed by atoms with Crippen LogP contribution in [-0.2, 0) is 11.3 Å². The van der Waals surface area contributed by atoms with Crippen molar-refractivity contribution in [2.24, 2.45) is 5.41 Å². The summed E-state index contributed by atoms with van der Waals surface area (Å²) in [5.41, 5.74) is -2.43. The Morgan fingerprint density at radius 3 is 2.26 bits per heavy atom. The van der Waals surface area contributed by atoms with Gasteiger partial charge in [0.15, 0.2) is 0 Å². The van der Waals surface area contributed by atoms with Gasteiger partial charge in [-0.25, -0.2) is 8.78 Å². The molecule has 3 N–H and O–H groups in total. The Hall–Kier alpha value is -3.97. The number of nitrogens with zero attached hydrogens (tertiary/aromatic N) is 1. The van der Waals surface area contributed by atoms with E-state index in [1.807, 2.05) is 0 Å². The second-order valence-corrected chi connectivity index (χ2v) is 10.1. The number of benzene rings is 2. The number of rotatable bonds is 10. The van der Waals surface area contributed by atoms with Crippen molar-refractivity contribution < 1.29 is 41.1 Å². The van der Waals surface area contributed by atoms with Crippen molar-refractivity contribution >= 4 is 52.3 Å². The van der Waals surface area contributed by atoms with E-state index in [2.05, 4.69) is 20.9 Å². The van der Waals surface area contributed by atoms with Gasteiger partial charge in [0.1, 0.15) is 17.8 Å². The van der Waals surface area contributed by atoms with E-state index in [4.69, 9.17) is 27.9 Å². The number of nitrogens with one attached hydrogen (secondary N) is 3. The first-order valence-electron chi connectivity index (χ1n) is 12.0. The van der Waals surface area contributed by atoms with Gasteiger partial charge in [-0.05, 0) is 55.8 Å². The molecular weight excluding hydrogens is 610 g/mol. The zero-order chi connectivity index (χ0) is 31.2. The lowest BCUT2D eigenvalue weighted by atomic mass is 9.91. The van der Waals surface area contributed by atoms with Crippen LogP contribution in [0.1, 0.15) is 40.1 Å². The Morgan fingerprint density at radius 2 is 1.62 bits per heavy atom. The Labute approximate surface area is 246 Å². The maximum Gasteiger partial charge on any atom is 0.402 e. The molecule has 1 heterocycles. The third-order valence-electron chi connectivity index (χ3n) is 5.87. The molecule has 3 rings (SSSR count). The van der Waals surface area contributed by atoms with E-state index in [1.54, 1.807) is 0 Å². The summed E-state index contributed by atoms with van der Waals surface area (Å²) in [6, 6.07) is 9.11. The maximum absolute atomic E-state index is 13.1. The Morgan fingerprint density at radius 1 is 0.929 bits per heavy atom. The number of alkyl halides is 5. The fourth-order valence-electron chi connectivity index (χ4n) is 3.32. The van der Waals surface area contributed by atoms with Gasteiger partial charge in [-0.3, -0.25) is 19.4 Å². The van der Waals surface area contributed by atoms with Crippen molar-refractivity contribution in [2.75, 3.05) is 17.2 Å². The number of ether oxygens (including phenoxy) is 1. The molecule has 42 heavy (non-hydrogen) atoms. The third kappa shape index (κ3) is 8.07. The standard InChI is InChI=1S/C27H23Cl2F5N4O4/c1-26(2,27(32,33)34)25(41)36-11-14-3-5-18(28)16(9-14)23(39)37-15-4-6-21(42-13-22(30)31)17(10-15)24(40)38-20-7-8-35-12-19(20)29/h3-10,12,22H,11,13H2,1-2H3,(H,36,41)(H,37,39)(H,35,38,40). The Balaban J connectivity index is 1.82. The molecule has 8 nitrogen and oxygen atoms in total. The second-order valence-electron chi connectivity index (χ2n) is 9.30. The first kappa shape index (κ1) is 32.5. The van der Waals surface area contributed by atoms with Gasteiger partial charge in [0.25, 0.3) is 18.2 Å². The molecular formula is C27H23Cl2F5N4O4. The van der Waals surface area contributed by atoms with Crippen LogP contribution < -0.4 is 20.7 Å². The highest BCUT2D eigenvalue weighted by atomic mass is 35.5. The van der Waals surface area contributed by atoms with Crippen molar-refractivity contribution in [1.82, 2.24) is 10.3 Å². The highest BCUT2D eigenvalue weighted by Gasteiger charge is 2.52. The minimum Gasteiger partial charge on any atom is -0.487 e. The number of halogens is 7. The molecule has 0 aliphatic rings. The molecule has 15 heteroatoms. The fraction of sp³-hybridized carbons (Fsp3) is 0.259. The molecule has 3 aromatic rings. The molecule has 0 saturated carbocycles. The number of amides is 3. The van der Waals surface area contributed by atoms with Crippen molar-refractivity contribution in [3.8, 4) is 5.75 Å². The minimum absolute atomic E-state index is 0.0135. The molecule has 0 aliphatic heterocycles. The predicted octanol–water partition coefficient (Wildman–Crippen LogP) is 6.74. The van der Waals surface area contributed by atoms with E-state index in [9.17, 15) is 36.3 Å². The second kappa shape index (κ2) is 13.3. The normalized spacial score (nSPS) is 11.7. The average Bonchev–Trinajstić information content (AvgIpc) is 2.92. The SMILES string of the molecule is CC(C)(C(=O)NCc1ccc(Cl)c(C(=O)Nc2ccc(OCC(F)F)c(C(=O)Nc3ccncc3Cl)c2)c1)C(F)(F)F. The zero-order valence-corrected chi connectivity index (χ0v) is 23.4. The molecule has 1 aromatic heterocycles. The molecule has 0 radical (unpaired) electrons. The molecule has 0 fully saturated rings. The summed E-state index contributed by atoms with van der Waals surface area (Å²) < 4.78 is 70.0. The Kier molecular flexibility index (Phi) is 10.3. The summed E-state index contributed by atoms with van der Waals surface area (Å²) in [6.45, 7) is 0.162. The smallest absolute Gasteiger partial charge is 0.402 e. The van der Waals surface area contributed by atoms with Gasteiger partial charge in [0, 0.05) is 24.6 Å². The molecule has 224 valence electrons. The average molecular weight is 633 g/mol. The third-order valence-corrected chi connectivity index (χ3v) is 6.50. The first-order chi connectivity index (χ1) is 19.6. The maximum atomic E-state index is 13.1. The van der Waals surface area contributed by atoms with Gasteiger partial charge in [0.05, 0.1) is 26.9 Å². The molecule has 0 saturated heterocycles. The zero-order valence-electron chi connectivity index (χ0n) is 21.9. The predicted molar refractivity (Wildman–Crippen MR) is 146 cm³/mol. The molecule has 3 amide bonds. The van der Waals surface area contributed by atoms with Gasteiger partial charge >= 0.3 is 6.18 Å². The summed E-state index contributed by atoms with van der Waals surface area (Å²) >= 11 is 12.2. The van der Waals surface area contributed by atoms with Crippen LogP contribution in [0.15, 0.2) is 54.9 Å². The van der Waals surface area contributed by atoms with Crippen LogP contribution in [0, 0.1) is 5.41 Å². The highest BCUT2D eigenvalue weighted by molar-refractivity contribution is 6.34.